The molecule has 1 aliphatic carbocycles. The van der Waals surface area contributed by atoms with E-state index < -0.39 is 0 Å². The molecule has 6 heteroatoms. The molecule has 1 unspecified atom stereocenters. The SMILES string of the molecule is CC1CCc2c(sc3nc(Cl)nc(NCCO)c23)C1. The minimum absolute atomic E-state index is 0.0759. The van der Waals surface area contributed by atoms with Crippen molar-refractivity contribution < 1.29 is 5.11 Å². The van der Waals surface area contributed by atoms with Crippen LogP contribution >= 0.6 is 22.9 Å². The van der Waals surface area contributed by atoms with Crippen molar-refractivity contribution in [2.45, 2.75) is 26.2 Å². The molecule has 1 aliphatic rings. The Morgan fingerprint density at radius 2 is 2.32 bits per heavy atom. The molecule has 0 saturated heterocycles. The first-order valence-electron chi connectivity index (χ1n) is 6.51. The Morgan fingerprint density at radius 1 is 1.47 bits per heavy atom. The zero-order valence-electron chi connectivity index (χ0n) is 10.7. The molecule has 2 heterocycles. The van der Waals surface area contributed by atoms with Crippen LogP contribution in [-0.4, -0.2) is 28.2 Å². The van der Waals surface area contributed by atoms with Crippen molar-refractivity contribution >= 4 is 39.0 Å². The molecule has 2 aromatic heterocycles. The second-order valence-corrected chi connectivity index (χ2v) is 6.45. The maximum absolute atomic E-state index is 8.96. The number of thiophene rings is 1. The van der Waals surface area contributed by atoms with Crippen LogP contribution in [0.3, 0.4) is 0 Å². The average Bonchev–Trinajstić information content (AvgIpc) is 2.72. The minimum Gasteiger partial charge on any atom is -0.395 e. The van der Waals surface area contributed by atoms with Crippen LogP contribution in [-0.2, 0) is 12.8 Å². The second kappa shape index (κ2) is 5.23. The number of rotatable bonds is 3. The van der Waals surface area contributed by atoms with E-state index in [4.69, 9.17) is 16.7 Å². The Kier molecular flexibility index (Phi) is 3.60. The van der Waals surface area contributed by atoms with E-state index in [-0.39, 0.29) is 11.9 Å². The van der Waals surface area contributed by atoms with E-state index in [9.17, 15) is 0 Å². The summed E-state index contributed by atoms with van der Waals surface area (Å²) in [6.07, 6.45) is 3.41. The summed E-state index contributed by atoms with van der Waals surface area (Å²) in [5.74, 6) is 1.49. The third-order valence-corrected chi connectivity index (χ3v) is 4.85. The summed E-state index contributed by atoms with van der Waals surface area (Å²) in [6.45, 7) is 2.84. The smallest absolute Gasteiger partial charge is 0.225 e. The van der Waals surface area contributed by atoms with Gasteiger partial charge in [0.25, 0.3) is 0 Å². The van der Waals surface area contributed by atoms with Crippen LogP contribution in [0.15, 0.2) is 0 Å². The third-order valence-electron chi connectivity index (χ3n) is 3.53. The summed E-state index contributed by atoms with van der Waals surface area (Å²) < 4.78 is 0. The molecule has 1 atom stereocenters. The monoisotopic (exact) mass is 297 g/mol. The highest BCUT2D eigenvalue weighted by molar-refractivity contribution is 7.19. The largest absolute Gasteiger partial charge is 0.395 e. The molecule has 0 saturated carbocycles. The number of aliphatic hydroxyl groups excluding tert-OH is 1. The summed E-state index contributed by atoms with van der Waals surface area (Å²) in [6, 6.07) is 0. The standard InChI is InChI=1S/C13H16ClN3OS/c1-7-2-3-8-9(6-7)19-12-10(8)11(15-4-5-18)16-13(14)17-12/h7,18H,2-6H2,1H3,(H,15,16,17). The van der Waals surface area contributed by atoms with Gasteiger partial charge in [-0.25, -0.2) is 9.97 Å². The summed E-state index contributed by atoms with van der Waals surface area (Å²) in [5, 5.41) is 13.5. The average molecular weight is 298 g/mol. The molecule has 0 amide bonds. The van der Waals surface area contributed by atoms with Crippen molar-refractivity contribution in [3.8, 4) is 0 Å². The highest BCUT2D eigenvalue weighted by atomic mass is 35.5. The topological polar surface area (TPSA) is 58.0 Å². The zero-order valence-corrected chi connectivity index (χ0v) is 12.3. The first-order valence-corrected chi connectivity index (χ1v) is 7.71. The van der Waals surface area contributed by atoms with Gasteiger partial charge in [-0.15, -0.1) is 11.3 Å². The van der Waals surface area contributed by atoms with Gasteiger partial charge in [0.15, 0.2) is 0 Å². The number of aryl methyl sites for hydroxylation is 1. The summed E-state index contributed by atoms with van der Waals surface area (Å²) in [4.78, 5) is 11.0. The van der Waals surface area contributed by atoms with Crippen LogP contribution in [0.4, 0.5) is 5.82 Å². The Morgan fingerprint density at radius 3 is 3.11 bits per heavy atom. The van der Waals surface area contributed by atoms with Crippen LogP contribution in [0.2, 0.25) is 5.28 Å². The molecule has 0 aromatic carbocycles. The Bertz CT molecular complexity index is 613. The molecule has 4 nitrogen and oxygen atoms in total. The molecule has 0 fully saturated rings. The lowest BCUT2D eigenvalue weighted by Crippen LogP contribution is -2.11. The molecule has 2 N–H and O–H groups in total. The van der Waals surface area contributed by atoms with Crippen molar-refractivity contribution in [1.29, 1.82) is 0 Å². The van der Waals surface area contributed by atoms with Gasteiger partial charge in [0.05, 0.1) is 12.0 Å². The van der Waals surface area contributed by atoms with E-state index in [2.05, 4.69) is 22.2 Å². The second-order valence-electron chi connectivity index (χ2n) is 5.02. The van der Waals surface area contributed by atoms with Crippen LogP contribution in [0.1, 0.15) is 23.8 Å². The van der Waals surface area contributed by atoms with E-state index >= 15 is 0 Å². The van der Waals surface area contributed by atoms with Gasteiger partial charge in [-0.05, 0) is 42.3 Å². The van der Waals surface area contributed by atoms with Crippen LogP contribution in [0.25, 0.3) is 10.2 Å². The molecular weight excluding hydrogens is 282 g/mol. The number of nitrogens with one attached hydrogen (secondary N) is 1. The molecule has 2 aromatic rings. The van der Waals surface area contributed by atoms with Gasteiger partial charge in [0, 0.05) is 11.4 Å². The number of nitrogens with zero attached hydrogens (tertiary/aromatic N) is 2. The van der Waals surface area contributed by atoms with Gasteiger partial charge in [0.2, 0.25) is 5.28 Å². The predicted molar refractivity (Wildman–Crippen MR) is 79.2 cm³/mol. The summed E-state index contributed by atoms with van der Waals surface area (Å²) >= 11 is 7.70. The number of hydrogen-bond acceptors (Lipinski definition) is 5. The first-order chi connectivity index (χ1) is 9.19. The van der Waals surface area contributed by atoms with Crippen LogP contribution in [0.5, 0.6) is 0 Å². The Labute approximate surface area is 120 Å². The van der Waals surface area contributed by atoms with Gasteiger partial charge in [0.1, 0.15) is 10.6 Å². The van der Waals surface area contributed by atoms with E-state index in [0.717, 1.165) is 34.8 Å². The van der Waals surface area contributed by atoms with Crippen molar-refractivity contribution in [3.05, 3.63) is 15.7 Å². The molecular formula is C13H16ClN3OS. The lowest BCUT2D eigenvalue weighted by Gasteiger charge is -2.18. The normalized spacial score (nSPS) is 18.6. The van der Waals surface area contributed by atoms with Crippen LogP contribution in [0, 0.1) is 5.92 Å². The van der Waals surface area contributed by atoms with Gasteiger partial charge in [-0.3, -0.25) is 0 Å². The quantitative estimate of drug-likeness (QED) is 0.855. The maximum atomic E-state index is 8.96. The molecule has 0 spiro atoms. The Balaban J connectivity index is 2.14. The van der Waals surface area contributed by atoms with Crippen molar-refractivity contribution in [2.75, 3.05) is 18.5 Å². The summed E-state index contributed by atoms with van der Waals surface area (Å²) in [5.41, 5.74) is 1.37. The number of fused-ring (bicyclic) bond motifs is 3. The molecule has 19 heavy (non-hydrogen) atoms. The first kappa shape index (κ1) is 13.1. The van der Waals surface area contributed by atoms with Gasteiger partial charge < -0.3 is 10.4 Å². The van der Waals surface area contributed by atoms with E-state index in [1.54, 1.807) is 11.3 Å². The fraction of sp³-hybridized carbons (Fsp3) is 0.538. The lowest BCUT2D eigenvalue weighted by molar-refractivity contribution is 0.311. The van der Waals surface area contributed by atoms with Crippen molar-refractivity contribution in [3.63, 3.8) is 0 Å². The minimum atomic E-state index is 0.0759. The molecule has 0 aliphatic heterocycles. The Hall–Kier alpha value is -0.910. The maximum Gasteiger partial charge on any atom is 0.225 e. The third kappa shape index (κ3) is 2.42. The van der Waals surface area contributed by atoms with Gasteiger partial charge in [-0.1, -0.05) is 6.92 Å². The molecule has 3 rings (SSSR count). The number of aliphatic hydroxyl groups is 1. The molecule has 102 valence electrons. The number of halogens is 1. The predicted octanol–water partition coefficient (Wildman–Crippen LogP) is 2.87. The van der Waals surface area contributed by atoms with Gasteiger partial charge >= 0.3 is 0 Å². The van der Waals surface area contributed by atoms with Crippen molar-refractivity contribution in [1.82, 2.24) is 9.97 Å². The van der Waals surface area contributed by atoms with Gasteiger partial charge in [-0.2, -0.15) is 0 Å². The highest BCUT2D eigenvalue weighted by Crippen LogP contribution is 2.40. The summed E-state index contributed by atoms with van der Waals surface area (Å²) in [7, 11) is 0. The fourth-order valence-corrected chi connectivity index (χ4v) is 4.22. The number of hydrogen-bond donors (Lipinski definition) is 2. The zero-order chi connectivity index (χ0) is 13.4. The number of anilines is 1. The molecule has 0 radical (unpaired) electrons. The van der Waals surface area contributed by atoms with E-state index in [1.165, 1.54) is 16.9 Å². The van der Waals surface area contributed by atoms with E-state index in [0.29, 0.717) is 6.54 Å². The van der Waals surface area contributed by atoms with E-state index in [1.807, 2.05) is 0 Å². The molecule has 0 bridgehead atoms. The number of aromatic nitrogens is 2. The lowest BCUT2D eigenvalue weighted by atomic mass is 9.89. The fourth-order valence-electron chi connectivity index (χ4n) is 2.62. The van der Waals surface area contributed by atoms with Crippen molar-refractivity contribution in [2.24, 2.45) is 5.92 Å². The highest BCUT2D eigenvalue weighted by Gasteiger charge is 2.23. The van der Waals surface area contributed by atoms with Crippen LogP contribution < -0.4 is 5.32 Å².